The van der Waals surface area contributed by atoms with Crippen LogP contribution in [0, 0.1) is 0 Å². The Hall–Kier alpha value is -0.730. The van der Waals surface area contributed by atoms with E-state index in [1.807, 2.05) is 4.90 Å². The highest BCUT2D eigenvalue weighted by Crippen LogP contribution is 2.20. The first-order valence-electron chi connectivity index (χ1n) is 10.3. The molecule has 0 saturated carbocycles. The van der Waals surface area contributed by atoms with E-state index in [0.717, 1.165) is 19.6 Å². The third kappa shape index (κ3) is 9.22. The van der Waals surface area contributed by atoms with Crippen LogP contribution in [0.5, 0.6) is 0 Å². The van der Waals surface area contributed by atoms with Gasteiger partial charge in [-0.3, -0.25) is 0 Å². The molecule has 1 fully saturated rings. The van der Waals surface area contributed by atoms with Crippen LogP contribution in [-0.4, -0.2) is 41.5 Å². The maximum absolute atomic E-state index is 12.5. The fourth-order valence-electron chi connectivity index (χ4n) is 3.15. The fourth-order valence-corrected chi connectivity index (χ4v) is 3.15. The first-order chi connectivity index (χ1) is 11.2. The van der Waals surface area contributed by atoms with Crippen LogP contribution in [0.15, 0.2) is 0 Å². The molecule has 1 rings (SSSR count). The Morgan fingerprint density at radius 2 is 1.22 bits per heavy atom. The Balaban J connectivity index is 2.19. The minimum atomic E-state index is 0.291. The van der Waals surface area contributed by atoms with Crippen molar-refractivity contribution in [1.29, 1.82) is 0 Å². The standard InChI is InChI=1S/C20H40N2O/c1-4-6-8-10-12-14-16-21(20(23)22-18-19(22)3)17-15-13-11-9-7-5-2/h19H,4-18H2,1-3H3. The molecule has 3 nitrogen and oxygen atoms in total. The minimum absolute atomic E-state index is 0.291. The van der Waals surface area contributed by atoms with Gasteiger partial charge in [-0.05, 0) is 19.8 Å². The van der Waals surface area contributed by atoms with E-state index in [1.165, 1.54) is 77.0 Å². The van der Waals surface area contributed by atoms with Gasteiger partial charge in [0.25, 0.3) is 0 Å². The van der Waals surface area contributed by atoms with Gasteiger partial charge in [0.1, 0.15) is 0 Å². The summed E-state index contributed by atoms with van der Waals surface area (Å²) < 4.78 is 0. The van der Waals surface area contributed by atoms with Crippen molar-refractivity contribution in [3.63, 3.8) is 0 Å². The second kappa shape index (κ2) is 12.7. The average Bonchev–Trinajstić information content (AvgIpc) is 3.28. The quantitative estimate of drug-likeness (QED) is 0.291. The highest BCUT2D eigenvalue weighted by Gasteiger charge is 2.36. The van der Waals surface area contributed by atoms with Gasteiger partial charge < -0.3 is 9.80 Å². The lowest BCUT2D eigenvalue weighted by Crippen LogP contribution is -2.37. The summed E-state index contributed by atoms with van der Waals surface area (Å²) in [5.41, 5.74) is 0. The molecular formula is C20H40N2O. The zero-order valence-electron chi connectivity index (χ0n) is 16.0. The normalized spacial score (nSPS) is 16.7. The molecule has 0 aromatic carbocycles. The molecule has 1 aliphatic heterocycles. The van der Waals surface area contributed by atoms with E-state index in [2.05, 4.69) is 25.7 Å². The molecule has 0 N–H and O–H groups in total. The third-order valence-corrected chi connectivity index (χ3v) is 4.94. The summed E-state index contributed by atoms with van der Waals surface area (Å²) in [4.78, 5) is 16.6. The maximum Gasteiger partial charge on any atom is 0.320 e. The van der Waals surface area contributed by atoms with Gasteiger partial charge in [0, 0.05) is 25.7 Å². The Bertz CT molecular complexity index is 290. The van der Waals surface area contributed by atoms with Crippen molar-refractivity contribution in [2.75, 3.05) is 19.6 Å². The second-order valence-electron chi connectivity index (χ2n) is 7.31. The smallest absolute Gasteiger partial charge is 0.320 e. The van der Waals surface area contributed by atoms with Crippen LogP contribution >= 0.6 is 0 Å². The molecular weight excluding hydrogens is 284 g/mol. The number of hydrogen-bond acceptors (Lipinski definition) is 1. The number of hydrogen-bond donors (Lipinski definition) is 0. The molecule has 2 amide bonds. The Labute approximate surface area is 144 Å². The molecule has 1 aliphatic rings. The Morgan fingerprint density at radius 3 is 1.61 bits per heavy atom. The van der Waals surface area contributed by atoms with Gasteiger partial charge >= 0.3 is 6.03 Å². The van der Waals surface area contributed by atoms with Crippen molar-refractivity contribution < 1.29 is 4.79 Å². The fraction of sp³-hybridized carbons (Fsp3) is 0.950. The number of carbonyl (C=O) groups excluding carboxylic acids is 1. The zero-order chi connectivity index (χ0) is 16.9. The summed E-state index contributed by atoms with van der Waals surface area (Å²) in [6, 6.07) is 0.763. The SMILES string of the molecule is CCCCCCCCN(CCCCCCCC)C(=O)N1CC1C. The molecule has 1 unspecified atom stereocenters. The Morgan fingerprint density at radius 1 is 0.826 bits per heavy atom. The first-order valence-corrected chi connectivity index (χ1v) is 10.3. The molecule has 0 bridgehead atoms. The lowest BCUT2D eigenvalue weighted by Gasteiger charge is -2.23. The van der Waals surface area contributed by atoms with E-state index in [1.54, 1.807) is 0 Å². The second-order valence-corrected chi connectivity index (χ2v) is 7.31. The van der Waals surface area contributed by atoms with E-state index < -0.39 is 0 Å². The molecule has 1 atom stereocenters. The summed E-state index contributed by atoms with van der Waals surface area (Å²) >= 11 is 0. The molecule has 0 radical (unpaired) electrons. The van der Waals surface area contributed by atoms with Gasteiger partial charge in [-0.1, -0.05) is 78.1 Å². The lowest BCUT2D eigenvalue weighted by molar-refractivity contribution is 0.179. The predicted molar refractivity (Wildman–Crippen MR) is 99.9 cm³/mol. The monoisotopic (exact) mass is 324 g/mol. The van der Waals surface area contributed by atoms with Gasteiger partial charge in [-0.2, -0.15) is 0 Å². The maximum atomic E-state index is 12.5. The van der Waals surface area contributed by atoms with E-state index in [-0.39, 0.29) is 0 Å². The average molecular weight is 325 g/mol. The largest absolute Gasteiger partial charge is 0.325 e. The van der Waals surface area contributed by atoms with Crippen LogP contribution in [0.25, 0.3) is 0 Å². The molecule has 0 aromatic heterocycles. The van der Waals surface area contributed by atoms with Gasteiger partial charge in [0.05, 0.1) is 0 Å². The summed E-state index contributed by atoms with van der Waals surface area (Å²) in [5, 5.41) is 0. The zero-order valence-corrected chi connectivity index (χ0v) is 16.0. The molecule has 0 aliphatic carbocycles. The van der Waals surface area contributed by atoms with Crippen molar-refractivity contribution in [2.24, 2.45) is 0 Å². The van der Waals surface area contributed by atoms with E-state index in [9.17, 15) is 4.79 Å². The number of rotatable bonds is 14. The van der Waals surface area contributed by atoms with Crippen LogP contribution in [0.3, 0.4) is 0 Å². The molecule has 23 heavy (non-hydrogen) atoms. The van der Waals surface area contributed by atoms with Crippen molar-refractivity contribution in [3.8, 4) is 0 Å². The first kappa shape index (κ1) is 20.3. The molecule has 1 saturated heterocycles. The highest BCUT2D eigenvalue weighted by molar-refractivity contribution is 5.77. The molecule has 136 valence electrons. The van der Waals surface area contributed by atoms with Crippen molar-refractivity contribution >= 4 is 6.03 Å². The van der Waals surface area contributed by atoms with E-state index >= 15 is 0 Å². The number of urea groups is 1. The van der Waals surface area contributed by atoms with Gasteiger partial charge in [0.15, 0.2) is 0 Å². The van der Waals surface area contributed by atoms with Gasteiger partial charge in [-0.15, -0.1) is 0 Å². The number of amides is 2. The number of unbranched alkanes of at least 4 members (excludes halogenated alkanes) is 10. The molecule has 0 spiro atoms. The summed E-state index contributed by atoms with van der Waals surface area (Å²) in [7, 11) is 0. The van der Waals surface area contributed by atoms with Crippen molar-refractivity contribution in [2.45, 2.75) is 104 Å². The topological polar surface area (TPSA) is 23.3 Å². The van der Waals surface area contributed by atoms with Crippen molar-refractivity contribution in [3.05, 3.63) is 0 Å². The van der Waals surface area contributed by atoms with Gasteiger partial charge in [-0.25, -0.2) is 4.79 Å². The van der Waals surface area contributed by atoms with Crippen LogP contribution in [0.2, 0.25) is 0 Å². The van der Waals surface area contributed by atoms with Crippen LogP contribution in [-0.2, 0) is 0 Å². The molecule has 3 heteroatoms. The summed E-state index contributed by atoms with van der Waals surface area (Å²) in [5.74, 6) is 0. The summed E-state index contributed by atoms with van der Waals surface area (Å²) in [6.45, 7) is 9.54. The van der Waals surface area contributed by atoms with E-state index in [4.69, 9.17) is 0 Å². The molecule has 0 aromatic rings. The van der Waals surface area contributed by atoms with Crippen LogP contribution in [0.4, 0.5) is 4.79 Å². The lowest BCUT2D eigenvalue weighted by atomic mass is 10.1. The number of nitrogens with zero attached hydrogens (tertiary/aromatic N) is 2. The summed E-state index contributed by atoms with van der Waals surface area (Å²) in [6.07, 6.45) is 15.6. The highest BCUT2D eigenvalue weighted by atomic mass is 16.2. The van der Waals surface area contributed by atoms with Gasteiger partial charge in [0.2, 0.25) is 0 Å². The Kier molecular flexibility index (Phi) is 11.2. The molecule has 1 heterocycles. The van der Waals surface area contributed by atoms with E-state index in [0.29, 0.717) is 12.1 Å². The third-order valence-electron chi connectivity index (χ3n) is 4.94. The number of carbonyl (C=O) groups is 1. The van der Waals surface area contributed by atoms with Crippen LogP contribution < -0.4 is 0 Å². The predicted octanol–water partition coefficient (Wildman–Crippen LogP) is 5.83. The van der Waals surface area contributed by atoms with Crippen molar-refractivity contribution in [1.82, 2.24) is 9.80 Å². The minimum Gasteiger partial charge on any atom is -0.325 e. The van der Waals surface area contributed by atoms with Crippen LogP contribution in [0.1, 0.15) is 97.8 Å².